The third-order valence-corrected chi connectivity index (χ3v) is 4.09. The van der Waals surface area contributed by atoms with Crippen LogP contribution in [0.15, 0.2) is 12.4 Å². The van der Waals surface area contributed by atoms with Crippen molar-refractivity contribution in [3.63, 3.8) is 0 Å². The lowest BCUT2D eigenvalue weighted by atomic mass is 10.2. The summed E-state index contributed by atoms with van der Waals surface area (Å²) in [4.78, 5) is 23.6. The topological polar surface area (TPSA) is 91.7 Å². The lowest BCUT2D eigenvalue weighted by Gasteiger charge is -2.11. The summed E-state index contributed by atoms with van der Waals surface area (Å²) in [6, 6.07) is 0. The fraction of sp³-hybridized carbons (Fsp3) is 0.667. The first kappa shape index (κ1) is 15.9. The Labute approximate surface area is 134 Å². The third kappa shape index (κ3) is 3.89. The molecule has 23 heavy (non-hydrogen) atoms. The number of rotatable bonds is 5. The fourth-order valence-corrected chi connectivity index (χ4v) is 2.88. The normalized spacial score (nSPS) is 27.1. The fourth-order valence-electron chi connectivity index (χ4n) is 2.88. The van der Waals surface area contributed by atoms with E-state index in [0.29, 0.717) is 25.1 Å². The number of methoxy groups -OCH3 is 1. The van der Waals surface area contributed by atoms with Gasteiger partial charge in [-0.25, -0.2) is 4.79 Å². The molecule has 2 aliphatic heterocycles. The van der Waals surface area contributed by atoms with Gasteiger partial charge in [-0.05, 0) is 25.7 Å². The van der Waals surface area contributed by atoms with E-state index in [4.69, 9.17) is 9.47 Å². The predicted molar refractivity (Wildman–Crippen MR) is 79.7 cm³/mol. The van der Waals surface area contributed by atoms with Crippen molar-refractivity contribution in [3.05, 3.63) is 12.4 Å². The first-order valence-corrected chi connectivity index (χ1v) is 7.84. The highest BCUT2D eigenvalue weighted by Crippen LogP contribution is 2.22. The second-order valence-corrected chi connectivity index (χ2v) is 5.79. The minimum absolute atomic E-state index is 0.192. The van der Waals surface area contributed by atoms with E-state index in [1.54, 1.807) is 17.1 Å². The zero-order valence-electron chi connectivity index (χ0n) is 13.1. The van der Waals surface area contributed by atoms with Crippen LogP contribution < -0.4 is 5.32 Å². The van der Waals surface area contributed by atoms with Crippen LogP contribution in [-0.4, -0.2) is 53.7 Å². The van der Waals surface area contributed by atoms with Crippen LogP contribution in [-0.2, 0) is 30.3 Å². The van der Waals surface area contributed by atoms with Crippen molar-refractivity contribution in [2.45, 2.75) is 50.5 Å². The molecule has 3 unspecified atom stereocenters. The number of nitrogens with one attached hydrogen (secondary N) is 1. The lowest BCUT2D eigenvalue weighted by Crippen LogP contribution is -2.30. The van der Waals surface area contributed by atoms with Crippen LogP contribution in [0, 0.1) is 0 Å². The van der Waals surface area contributed by atoms with E-state index in [1.165, 1.54) is 7.11 Å². The predicted octanol–water partition coefficient (Wildman–Crippen LogP) is 0.721. The minimum atomic E-state index is -0.655. The SMILES string of the molecule is COC(=O)C1CCC(C(=O)Nc2cnn(CC3CCCO3)c2)O1. The number of hydrogen-bond acceptors (Lipinski definition) is 6. The van der Waals surface area contributed by atoms with Gasteiger partial charge in [0.15, 0.2) is 6.10 Å². The van der Waals surface area contributed by atoms with E-state index in [9.17, 15) is 9.59 Å². The summed E-state index contributed by atoms with van der Waals surface area (Å²) in [7, 11) is 1.31. The molecule has 2 aliphatic rings. The number of nitrogens with zero attached hydrogens (tertiary/aromatic N) is 2. The Morgan fingerprint density at radius 3 is 2.96 bits per heavy atom. The van der Waals surface area contributed by atoms with Crippen molar-refractivity contribution in [1.29, 1.82) is 0 Å². The Bertz CT molecular complexity index is 567. The van der Waals surface area contributed by atoms with Crippen molar-refractivity contribution in [2.75, 3.05) is 19.0 Å². The highest BCUT2D eigenvalue weighted by molar-refractivity contribution is 5.94. The average molecular weight is 323 g/mol. The third-order valence-electron chi connectivity index (χ3n) is 4.09. The minimum Gasteiger partial charge on any atom is -0.467 e. The van der Waals surface area contributed by atoms with Gasteiger partial charge in [0.25, 0.3) is 5.91 Å². The number of anilines is 1. The quantitative estimate of drug-likeness (QED) is 0.803. The van der Waals surface area contributed by atoms with Crippen LogP contribution in [0.2, 0.25) is 0 Å². The van der Waals surface area contributed by atoms with Gasteiger partial charge in [-0.1, -0.05) is 0 Å². The first-order chi connectivity index (χ1) is 11.2. The molecule has 126 valence electrons. The standard InChI is InChI=1S/C15H21N3O5/c1-21-15(20)13-5-4-12(23-13)14(19)17-10-7-16-18(8-10)9-11-3-2-6-22-11/h7-8,11-13H,2-6,9H2,1H3,(H,17,19). The molecule has 0 aliphatic carbocycles. The highest BCUT2D eigenvalue weighted by atomic mass is 16.6. The summed E-state index contributed by atoms with van der Waals surface area (Å²) in [6.45, 7) is 1.48. The summed E-state index contributed by atoms with van der Waals surface area (Å²) in [5.41, 5.74) is 0.609. The van der Waals surface area contributed by atoms with Crippen LogP contribution in [0.4, 0.5) is 5.69 Å². The molecule has 3 atom stereocenters. The molecule has 8 nitrogen and oxygen atoms in total. The zero-order chi connectivity index (χ0) is 16.2. The van der Waals surface area contributed by atoms with Crippen LogP contribution in [0.1, 0.15) is 25.7 Å². The molecule has 3 rings (SSSR count). The van der Waals surface area contributed by atoms with Crippen molar-refractivity contribution in [2.24, 2.45) is 0 Å². The van der Waals surface area contributed by atoms with Crippen LogP contribution in [0.3, 0.4) is 0 Å². The maximum Gasteiger partial charge on any atom is 0.335 e. The van der Waals surface area contributed by atoms with Crippen LogP contribution in [0.25, 0.3) is 0 Å². The van der Waals surface area contributed by atoms with E-state index in [-0.39, 0.29) is 12.0 Å². The van der Waals surface area contributed by atoms with Crippen molar-refractivity contribution >= 4 is 17.6 Å². The van der Waals surface area contributed by atoms with E-state index in [2.05, 4.69) is 15.2 Å². The van der Waals surface area contributed by atoms with Gasteiger partial charge in [-0.15, -0.1) is 0 Å². The molecule has 0 radical (unpaired) electrons. The van der Waals surface area contributed by atoms with E-state index in [1.807, 2.05) is 0 Å². The summed E-state index contributed by atoms with van der Waals surface area (Å²) in [6.07, 6.45) is 5.36. The molecule has 2 fully saturated rings. The number of hydrogen-bond donors (Lipinski definition) is 1. The van der Waals surface area contributed by atoms with Gasteiger partial charge in [0.2, 0.25) is 0 Å². The summed E-state index contributed by atoms with van der Waals surface area (Å²) in [5.74, 6) is -0.710. The van der Waals surface area contributed by atoms with E-state index in [0.717, 1.165) is 19.4 Å². The molecular formula is C15H21N3O5. The molecular weight excluding hydrogens is 302 g/mol. The lowest BCUT2D eigenvalue weighted by molar-refractivity contribution is -0.154. The molecule has 0 aromatic carbocycles. The highest BCUT2D eigenvalue weighted by Gasteiger charge is 2.35. The van der Waals surface area contributed by atoms with Crippen LogP contribution >= 0.6 is 0 Å². The molecule has 1 N–H and O–H groups in total. The van der Waals surface area contributed by atoms with E-state index < -0.39 is 18.2 Å². The number of ether oxygens (including phenoxy) is 3. The van der Waals surface area contributed by atoms with E-state index >= 15 is 0 Å². The van der Waals surface area contributed by atoms with Gasteiger partial charge >= 0.3 is 5.97 Å². The number of esters is 1. The maximum absolute atomic E-state index is 12.2. The van der Waals surface area contributed by atoms with Gasteiger partial charge < -0.3 is 19.5 Å². The molecule has 0 saturated carbocycles. The molecule has 8 heteroatoms. The van der Waals surface area contributed by atoms with Gasteiger partial charge in [0.05, 0.1) is 31.6 Å². The number of aromatic nitrogens is 2. The second kappa shape index (κ2) is 7.10. The Morgan fingerprint density at radius 2 is 2.22 bits per heavy atom. The molecule has 1 aromatic heterocycles. The smallest absolute Gasteiger partial charge is 0.335 e. The molecule has 2 saturated heterocycles. The Hall–Kier alpha value is -1.93. The molecule has 0 bridgehead atoms. The van der Waals surface area contributed by atoms with Crippen molar-refractivity contribution in [3.8, 4) is 0 Å². The monoisotopic (exact) mass is 323 g/mol. The summed E-state index contributed by atoms with van der Waals surface area (Å²) < 4.78 is 17.4. The Kier molecular flexibility index (Phi) is 4.92. The molecule has 1 aromatic rings. The largest absolute Gasteiger partial charge is 0.467 e. The van der Waals surface area contributed by atoms with Gasteiger partial charge in [0, 0.05) is 12.8 Å². The van der Waals surface area contributed by atoms with Gasteiger partial charge in [-0.2, -0.15) is 5.10 Å². The molecule has 1 amide bonds. The molecule has 3 heterocycles. The maximum atomic E-state index is 12.2. The van der Waals surface area contributed by atoms with Crippen LogP contribution in [0.5, 0.6) is 0 Å². The van der Waals surface area contributed by atoms with Gasteiger partial charge in [0.1, 0.15) is 6.10 Å². The van der Waals surface area contributed by atoms with Gasteiger partial charge in [-0.3, -0.25) is 9.48 Å². The summed E-state index contributed by atoms with van der Waals surface area (Å²) in [5, 5.41) is 6.99. The zero-order valence-corrected chi connectivity index (χ0v) is 13.1. The van der Waals surface area contributed by atoms with Crippen molar-refractivity contribution < 1.29 is 23.8 Å². The number of carbonyl (C=O) groups excluding carboxylic acids is 2. The average Bonchev–Trinajstić information content (AvgIpc) is 3.28. The number of amides is 1. The number of carbonyl (C=O) groups is 2. The Balaban J connectivity index is 1.50. The summed E-state index contributed by atoms with van der Waals surface area (Å²) >= 11 is 0. The first-order valence-electron chi connectivity index (χ1n) is 7.84. The second-order valence-electron chi connectivity index (χ2n) is 5.79. The molecule has 0 spiro atoms. The van der Waals surface area contributed by atoms with Crippen molar-refractivity contribution in [1.82, 2.24) is 9.78 Å². The Morgan fingerprint density at radius 1 is 1.39 bits per heavy atom.